The van der Waals surface area contributed by atoms with E-state index in [2.05, 4.69) is 16.0 Å². The van der Waals surface area contributed by atoms with E-state index < -0.39 is 35.0 Å². The third kappa shape index (κ3) is 9.13. The fraction of sp³-hybridized carbons (Fsp3) is 0.189. The number of aromatic hydroxyl groups is 2. The SMILES string of the molecule is C[CH-][C@H](CC(=O)c1ccc(C)cc1)C(=O)Nc1ccc(C(=O)Nc2ccc(C(=O)Nc3ccc(C(C)=O)c(O)c3OC)c(O)c2OC)cc1.[Y]. The van der Waals surface area contributed by atoms with Gasteiger partial charge in [-0.3, -0.25) is 24.0 Å². The van der Waals surface area contributed by atoms with Gasteiger partial charge in [-0.1, -0.05) is 35.7 Å². The van der Waals surface area contributed by atoms with Gasteiger partial charge in [0.2, 0.25) is 0 Å². The molecule has 4 rings (SSSR count). The minimum Gasteiger partial charge on any atom is -0.504 e. The van der Waals surface area contributed by atoms with Crippen LogP contribution in [0.5, 0.6) is 23.0 Å². The molecule has 0 spiro atoms. The Labute approximate surface area is 314 Å². The Morgan fingerprint density at radius 1 is 0.700 bits per heavy atom. The van der Waals surface area contributed by atoms with Gasteiger partial charge in [-0.05, 0) is 68.8 Å². The van der Waals surface area contributed by atoms with Gasteiger partial charge in [-0.25, -0.2) is 0 Å². The topological polar surface area (TPSA) is 180 Å². The van der Waals surface area contributed by atoms with E-state index in [4.69, 9.17) is 9.47 Å². The molecule has 3 amide bonds. The number of benzene rings is 4. The molecule has 0 aliphatic carbocycles. The van der Waals surface area contributed by atoms with Gasteiger partial charge in [0.05, 0.1) is 36.7 Å². The maximum atomic E-state index is 13.1. The van der Waals surface area contributed by atoms with Gasteiger partial charge in [-0.2, -0.15) is 6.92 Å². The number of amides is 3. The van der Waals surface area contributed by atoms with Crippen molar-refractivity contribution in [2.75, 3.05) is 30.2 Å². The first-order valence-corrected chi connectivity index (χ1v) is 15.1. The van der Waals surface area contributed by atoms with Gasteiger partial charge >= 0.3 is 0 Å². The van der Waals surface area contributed by atoms with Crippen LogP contribution in [-0.2, 0) is 37.5 Å². The molecule has 13 heteroatoms. The number of phenols is 2. The quantitative estimate of drug-likeness (QED) is 0.0787. The Kier molecular flexibility index (Phi) is 13.8. The minimum atomic E-state index is -0.790. The van der Waals surface area contributed by atoms with Gasteiger partial charge < -0.3 is 42.1 Å². The van der Waals surface area contributed by atoms with Crippen LogP contribution in [0.25, 0.3) is 0 Å². The van der Waals surface area contributed by atoms with E-state index in [-0.39, 0.29) is 90.4 Å². The van der Waals surface area contributed by atoms with Crippen molar-refractivity contribution in [3.05, 3.63) is 107 Å². The van der Waals surface area contributed by atoms with Gasteiger partial charge in [0.25, 0.3) is 11.8 Å². The van der Waals surface area contributed by atoms with Crippen LogP contribution < -0.4 is 25.4 Å². The van der Waals surface area contributed by atoms with Crippen LogP contribution in [0, 0.1) is 19.3 Å². The van der Waals surface area contributed by atoms with Crippen LogP contribution in [0.15, 0.2) is 72.8 Å². The zero-order valence-corrected chi connectivity index (χ0v) is 31.0. The zero-order chi connectivity index (χ0) is 35.8. The summed E-state index contributed by atoms with van der Waals surface area (Å²) in [7, 11) is 2.51. The molecule has 0 saturated heterocycles. The molecule has 0 heterocycles. The Morgan fingerprint density at radius 3 is 1.72 bits per heavy atom. The van der Waals surface area contributed by atoms with Crippen LogP contribution in [0.1, 0.15) is 67.3 Å². The van der Waals surface area contributed by atoms with Crippen molar-refractivity contribution in [2.24, 2.45) is 5.92 Å². The Hall–Kier alpha value is -5.07. The fourth-order valence-electron chi connectivity index (χ4n) is 4.96. The van der Waals surface area contributed by atoms with E-state index in [1.807, 2.05) is 19.1 Å². The molecule has 0 fully saturated rings. The van der Waals surface area contributed by atoms with Crippen LogP contribution in [-0.4, -0.2) is 53.7 Å². The van der Waals surface area contributed by atoms with Gasteiger partial charge in [0.1, 0.15) is 0 Å². The summed E-state index contributed by atoms with van der Waals surface area (Å²) in [5.74, 6) is -4.28. The monoisotopic (exact) mass is 755 g/mol. The number of rotatable bonds is 13. The maximum absolute atomic E-state index is 13.1. The average molecular weight is 756 g/mol. The number of phenolic OH excluding ortho intramolecular Hbond substituents is 2. The molecule has 4 aromatic carbocycles. The number of hydrogen-bond acceptors (Lipinski definition) is 9. The summed E-state index contributed by atoms with van der Waals surface area (Å²) >= 11 is 0. The van der Waals surface area contributed by atoms with Crippen molar-refractivity contribution in [1.29, 1.82) is 0 Å². The van der Waals surface area contributed by atoms with Crippen LogP contribution in [0.2, 0.25) is 0 Å². The van der Waals surface area contributed by atoms with Gasteiger partial charge in [0.15, 0.2) is 40.5 Å². The Balaban J connectivity index is 0.00000676. The first-order chi connectivity index (χ1) is 23.4. The van der Waals surface area contributed by atoms with E-state index in [1.54, 1.807) is 37.6 Å². The summed E-state index contributed by atoms with van der Waals surface area (Å²) in [5.41, 5.74) is 2.10. The molecule has 0 bridgehead atoms. The van der Waals surface area contributed by atoms with Crippen molar-refractivity contribution in [3.63, 3.8) is 0 Å². The third-order valence-corrected chi connectivity index (χ3v) is 7.72. The molecule has 0 aromatic heterocycles. The van der Waals surface area contributed by atoms with E-state index in [1.165, 1.54) is 57.5 Å². The number of carbonyl (C=O) groups is 5. The number of hydrogen-bond donors (Lipinski definition) is 5. The van der Waals surface area contributed by atoms with E-state index in [9.17, 15) is 34.2 Å². The van der Waals surface area contributed by atoms with E-state index in [0.29, 0.717) is 11.3 Å². The summed E-state index contributed by atoms with van der Waals surface area (Å²) in [4.78, 5) is 63.5. The molecule has 50 heavy (non-hydrogen) atoms. The van der Waals surface area contributed by atoms with E-state index in [0.717, 1.165) is 5.56 Å². The summed E-state index contributed by atoms with van der Waals surface area (Å²) in [5, 5.41) is 29.2. The molecule has 0 unspecified atom stereocenters. The molecule has 257 valence electrons. The Morgan fingerprint density at radius 2 is 1.20 bits per heavy atom. The normalized spacial score (nSPS) is 11.0. The van der Waals surface area contributed by atoms with Gasteiger partial charge in [-0.15, -0.1) is 0 Å². The number of ether oxygens (including phenoxy) is 2. The second kappa shape index (κ2) is 17.5. The van der Waals surface area contributed by atoms with Gasteiger partial charge in [0, 0.05) is 49.5 Å². The number of ketones is 2. The van der Waals surface area contributed by atoms with Crippen molar-refractivity contribution < 1.29 is 76.4 Å². The number of nitrogens with one attached hydrogen (secondary N) is 3. The predicted molar refractivity (Wildman–Crippen MR) is 184 cm³/mol. The standard InChI is InChI=1S/C37H36N3O9.Y/c1-6-22(19-30(42)23-9-7-20(2)8-10-23)35(45)38-25-13-11-24(12-14-25)36(46)39-28-18-16-27(32(44)34(28)49-5)37(47)40-29-17-15-26(21(3)41)31(43)33(29)48-4;/h6-18,22,43-44H,19H2,1-5H3,(H,38,45)(H,39,46)(H,40,47);/q-1;/t22-;/m1./s1. The first kappa shape index (κ1) is 39.4. The Bertz CT molecular complexity index is 1910. The molecule has 0 aliphatic heterocycles. The smallest absolute Gasteiger partial charge is 0.259 e. The van der Waals surface area contributed by atoms with Crippen LogP contribution in [0.3, 0.4) is 0 Å². The molecule has 12 nitrogen and oxygen atoms in total. The zero-order valence-electron chi connectivity index (χ0n) is 28.1. The number of methoxy groups -OCH3 is 2. The molecule has 0 saturated carbocycles. The van der Waals surface area contributed by atoms with Crippen molar-refractivity contribution in [2.45, 2.75) is 27.2 Å². The van der Waals surface area contributed by atoms with Crippen molar-refractivity contribution in [3.8, 4) is 23.0 Å². The number of aryl methyl sites for hydroxylation is 1. The first-order valence-electron chi connectivity index (χ1n) is 15.1. The van der Waals surface area contributed by atoms with E-state index >= 15 is 0 Å². The van der Waals surface area contributed by atoms with Crippen molar-refractivity contribution in [1.82, 2.24) is 0 Å². The third-order valence-electron chi connectivity index (χ3n) is 7.72. The number of Topliss-reactive ketones (excluding diaryl/α,β-unsaturated/α-hetero) is 2. The van der Waals surface area contributed by atoms with Crippen LogP contribution in [0.4, 0.5) is 17.1 Å². The summed E-state index contributed by atoms with van der Waals surface area (Å²) in [6, 6.07) is 18.5. The summed E-state index contributed by atoms with van der Waals surface area (Å²) < 4.78 is 10.5. The average Bonchev–Trinajstić information content (AvgIpc) is 3.07. The molecule has 4 aromatic rings. The second-order valence-electron chi connectivity index (χ2n) is 11.0. The summed E-state index contributed by atoms with van der Waals surface area (Å²) in [6.07, 6.45) is 1.67. The molecule has 5 N–H and O–H groups in total. The summed E-state index contributed by atoms with van der Waals surface area (Å²) in [6.45, 7) is 4.91. The fourth-order valence-corrected chi connectivity index (χ4v) is 4.96. The number of anilines is 3. The molecule has 1 radical (unpaired) electrons. The molecule has 1 atom stereocenters. The number of carbonyl (C=O) groups excluding carboxylic acids is 5. The minimum absolute atomic E-state index is 0. The second-order valence-corrected chi connectivity index (χ2v) is 11.0. The van der Waals surface area contributed by atoms with Crippen LogP contribution >= 0.6 is 0 Å². The molecular weight excluding hydrogens is 719 g/mol. The largest absolute Gasteiger partial charge is 0.504 e. The van der Waals surface area contributed by atoms with Crippen molar-refractivity contribution >= 4 is 46.4 Å². The maximum Gasteiger partial charge on any atom is 0.259 e. The predicted octanol–water partition coefficient (Wildman–Crippen LogP) is 6.18. The molecule has 0 aliphatic rings. The molecular formula is C37H36N3O9Y-.